The molecule has 0 aliphatic rings. The van der Waals surface area contributed by atoms with Gasteiger partial charge >= 0.3 is 0 Å². The molecular weight excluding hydrogens is 286 g/mol. The molecule has 0 N–H and O–H groups in total. The number of aliphatic imine (C=N–C) groups is 1. The van der Waals surface area contributed by atoms with Crippen molar-refractivity contribution >= 4 is 23.5 Å². The number of aryl methyl sites for hydroxylation is 1. The monoisotopic (exact) mass is 303 g/mol. The second-order valence-electron chi connectivity index (χ2n) is 4.72. The zero-order chi connectivity index (χ0) is 15.4. The van der Waals surface area contributed by atoms with Crippen molar-refractivity contribution in [3.05, 3.63) is 52.0 Å². The van der Waals surface area contributed by atoms with Crippen molar-refractivity contribution in [2.75, 3.05) is 14.2 Å². The summed E-state index contributed by atoms with van der Waals surface area (Å²) in [5.41, 5.74) is 4.19. The maximum atomic E-state index is 6.19. The molecule has 0 unspecified atom stereocenters. The zero-order valence-electron chi connectivity index (χ0n) is 12.6. The second-order valence-corrected chi connectivity index (χ2v) is 5.12. The van der Waals surface area contributed by atoms with Crippen molar-refractivity contribution in [1.29, 1.82) is 0 Å². The van der Waals surface area contributed by atoms with E-state index in [-0.39, 0.29) is 0 Å². The lowest BCUT2D eigenvalue weighted by molar-refractivity contribution is 0.355. The number of nitrogens with zero attached hydrogens (tertiary/aromatic N) is 1. The number of rotatable bonds is 4. The first-order valence-corrected chi connectivity index (χ1v) is 6.96. The van der Waals surface area contributed by atoms with Crippen LogP contribution in [-0.4, -0.2) is 20.4 Å². The Kier molecular flexibility index (Phi) is 4.86. The molecule has 0 aromatic heterocycles. The van der Waals surface area contributed by atoms with Crippen molar-refractivity contribution in [3.63, 3.8) is 0 Å². The van der Waals surface area contributed by atoms with Gasteiger partial charge in [0.2, 0.25) is 0 Å². The Balaban J connectivity index is 2.37. The highest BCUT2D eigenvalue weighted by Gasteiger charge is 2.10. The molecule has 0 amide bonds. The predicted molar refractivity (Wildman–Crippen MR) is 87.7 cm³/mol. The van der Waals surface area contributed by atoms with Gasteiger partial charge in [0.25, 0.3) is 0 Å². The summed E-state index contributed by atoms with van der Waals surface area (Å²) in [4.78, 5) is 4.53. The van der Waals surface area contributed by atoms with E-state index < -0.39 is 0 Å². The molecule has 2 aromatic rings. The van der Waals surface area contributed by atoms with Crippen LogP contribution < -0.4 is 9.47 Å². The molecule has 2 aromatic carbocycles. The topological polar surface area (TPSA) is 30.8 Å². The van der Waals surface area contributed by atoms with Crippen molar-refractivity contribution in [2.24, 2.45) is 4.99 Å². The van der Waals surface area contributed by atoms with E-state index in [9.17, 15) is 0 Å². The molecular formula is C17H18ClNO2. The third-order valence-corrected chi connectivity index (χ3v) is 3.67. The molecule has 0 heterocycles. The van der Waals surface area contributed by atoms with E-state index in [0.717, 1.165) is 11.3 Å². The average Bonchev–Trinajstić information content (AvgIpc) is 2.48. The Morgan fingerprint density at radius 3 is 2.52 bits per heavy atom. The van der Waals surface area contributed by atoms with E-state index in [2.05, 4.69) is 24.9 Å². The van der Waals surface area contributed by atoms with Gasteiger partial charge in [-0.2, -0.15) is 0 Å². The SMILES string of the molecule is COc1cc(C=Nc2cccc(C)c2C)cc(Cl)c1OC. The zero-order valence-corrected chi connectivity index (χ0v) is 13.4. The van der Waals surface area contributed by atoms with Crippen LogP contribution in [0.2, 0.25) is 5.02 Å². The summed E-state index contributed by atoms with van der Waals surface area (Å²) in [6, 6.07) is 9.70. The fourth-order valence-corrected chi connectivity index (χ4v) is 2.33. The molecule has 110 valence electrons. The Labute approximate surface area is 130 Å². The van der Waals surface area contributed by atoms with Crippen molar-refractivity contribution in [3.8, 4) is 11.5 Å². The highest BCUT2D eigenvalue weighted by atomic mass is 35.5. The van der Waals surface area contributed by atoms with Gasteiger partial charge in [-0.1, -0.05) is 23.7 Å². The minimum Gasteiger partial charge on any atom is -0.493 e. The lowest BCUT2D eigenvalue weighted by Crippen LogP contribution is -1.93. The molecule has 0 aliphatic heterocycles. The first-order chi connectivity index (χ1) is 10.1. The van der Waals surface area contributed by atoms with Gasteiger partial charge in [0.15, 0.2) is 11.5 Å². The molecule has 3 nitrogen and oxygen atoms in total. The fourth-order valence-electron chi connectivity index (χ4n) is 2.03. The maximum Gasteiger partial charge on any atom is 0.179 e. The summed E-state index contributed by atoms with van der Waals surface area (Å²) >= 11 is 6.19. The third kappa shape index (κ3) is 3.37. The quantitative estimate of drug-likeness (QED) is 0.765. The van der Waals surface area contributed by atoms with Gasteiger partial charge in [-0.05, 0) is 48.7 Å². The molecule has 0 saturated carbocycles. The van der Waals surface area contributed by atoms with Crippen LogP contribution in [0.5, 0.6) is 11.5 Å². The highest BCUT2D eigenvalue weighted by Crippen LogP contribution is 2.35. The Morgan fingerprint density at radius 2 is 1.86 bits per heavy atom. The summed E-state index contributed by atoms with van der Waals surface area (Å²) in [5.74, 6) is 1.12. The Hall–Kier alpha value is -2.00. The van der Waals surface area contributed by atoms with E-state index in [0.29, 0.717) is 16.5 Å². The number of hydrogen-bond donors (Lipinski definition) is 0. The molecule has 0 spiro atoms. The summed E-state index contributed by atoms with van der Waals surface area (Å²) in [6.07, 6.45) is 1.77. The van der Waals surface area contributed by atoms with E-state index in [1.807, 2.05) is 18.2 Å². The number of halogens is 1. The fraction of sp³-hybridized carbons (Fsp3) is 0.235. The molecule has 2 rings (SSSR count). The first-order valence-electron chi connectivity index (χ1n) is 6.58. The molecule has 21 heavy (non-hydrogen) atoms. The summed E-state index contributed by atoms with van der Waals surface area (Å²) in [6.45, 7) is 4.13. The number of hydrogen-bond acceptors (Lipinski definition) is 3. The average molecular weight is 304 g/mol. The van der Waals surface area contributed by atoms with E-state index in [1.54, 1.807) is 26.5 Å². The van der Waals surface area contributed by atoms with Crippen LogP contribution in [0.3, 0.4) is 0 Å². The van der Waals surface area contributed by atoms with Crippen LogP contribution in [0.1, 0.15) is 16.7 Å². The van der Waals surface area contributed by atoms with Crippen LogP contribution in [0, 0.1) is 13.8 Å². The van der Waals surface area contributed by atoms with Crippen LogP contribution in [-0.2, 0) is 0 Å². The van der Waals surface area contributed by atoms with Gasteiger partial charge in [0.1, 0.15) is 0 Å². The lowest BCUT2D eigenvalue weighted by atomic mass is 10.1. The molecule has 4 heteroatoms. The molecule has 0 atom stereocenters. The summed E-state index contributed by atoms with van der Waals surface area (Å²) < 4.78 is 10.5. The normalized spacial score (nSPS) is 10.9. The van der Waals surface area contributed by atoms with E-state index in [4.69, 9.17) is 21.1 Å². The number of benzene rings is 2. The van der Waals surface area contributed by atoms with Crippen molar-refractivity contribution in [2.45, 2.75) is 13.8 Å². The van der Waals surface area contributed by atoms with Crippen LogP contribution in [0.4, 0.5) is 5.69 Å². The van der Waals surface area contributed by atoms with Crippen LogP contribution >= 0.6 is 11.6 Å². The minimum absolute atomic E-state index is 0.499. The van der Waals surface area contributed by atoms with Gasteiger partial charge in [0.05, 0.1) is 24.9 Å². The van der Waals surface area contributed by atoms with Crippen LogP contribution in [0.25, 0.3) is 0 Å². The first kappa shape index (κ1) is 15.4. The molecule has 0 saturated heterocycles. The lowest BCUT2D eigenvalue weighted by Gasteiger charge is -2.10. The van der Waals surface area contributed by atoms with Crippen molar-refractivity contribution < 1.29 is 9.47 Å². The smallest absolute Gasteiger partial charge is 0.179 e. The van der Waals surface area contributed by atoms with Gasteiger partial charge in [0, 0.05) is 6.21 Å². The minimum atomic E-state index is 0.499. The van der Waals surface area contributed by atoms with E-state index >= 15 is 0 Å². The standard InChI is InChI=1S/C17H18ClNO2/c1-11-6-5-7-15(12(11)2)19-10-13-8-14(18)17(21-4)16(9-13)20-3/h5-10H,1-4H3. The number of ether oxygens (including phenoxy) is 2. The largest absolute Gasteiger partial charge is 0.493 e. The van der Waals surface area contributed by atoms with E-state index in [1.165, 1.54) is 11.1 Å². The maximum absolute atomic E-state index is 6.19. The van der Waals surface area contributed by atoms with Gasteiger partial charge in [-0.25, -0.2) is 0 Å². The summed E-state index contributed by atoms with van der Waals surface area (Å²) in [5, 5.41) is 0.499. The third-order valence-electron chi connectivity index (χ3n) is 3.38. The molecule has 0 bridgehead atoms. The van der Waals surface area contributed by atoms with Gasteiger partial charge in [-0.3, -0.25) is 4.99 Å². The molecule has 0 aliphatic carbocycles. The Morgan fingerprint density at radius 1 is 1.10 bits per heavy atom. The summed E-state index contributed by atoms with van der Waals surface area (Å²) in [7, 11) is 3.15. The van der Waals surface area contributed by atoms with Gasteiger partial charge < -0.3 is 9.47 Å². The predicted octanol–water partition coefficient (Wildman–Crippen LogP) is 4.72. The second kappa shape index (κ2) is 6.64. The number of methoxy groups -OCH3 is 2. The highest BCUT2D eigenvalue weighted by molar-refractivity contribution is 6.32. The molecule has 0 fully saturated rings. The van der Waals surface area contributed by atoms with Crippen LogP contribution in [0.15, 0.2) is 35.3 Å². The molecule has 0 radical (unpaired) electrons. The van der Waals surface area contributed by atoms with Crippen molar-refractivity contribution in [1.82, 2.24) is 0 Å². The Bertz CT molecular complexity index is 681. The van der Waals surface area contributed by atoms with Gasteiger partial charge in [-0.15, -0.1) is 0 Å².